The number of hydrogen-bond acceptors (Lipinski definition) is 5. The molecule has 0 aromatic carbocycles. The molecule has 7 nitrogen and oxygen atoms in total. The third-order valence-electron chi connectivity index (χ3n) is 6.31. The first-order valence-electron chi connectivity index (χ1n) is 10.6. The van der Waals surface area contributed by atoms with Gasteiger partial charge >= 0.3 is 6.03 Å². The van der Waals surface area contributed by atoms with Crippen LogP contribution in [0.1, 0.15) is 45.4 Å². The van der Waals surface area contributed by atoms with Gasteiger partial charge in [-0.05, 0) is 31.6 Å². The monoisotopic (exact) mass is 372 g/mol. The summed E-state index contributed by atoms with van der Waals surface area (Å²) >= 11 is 0. The van der Waals surface area contributed by atoms with E-state index in [0.29, 0.717) is 11.7 Å². The van der Waals surface area contributed by atoms with E-state index in [2.05, 4.69) is 32.0 Å². The Morgan fingerprint density at radius 2 is 1.81 bits per heavy atom. The molecule has 7 heteroatoms. The molecular formula is C20H32N6O. The Labute approximate surface area is 162 Å². The summed E-state index contributed by atoms with van der Waals surface area (Å²) in [7, 11) is 0. The Morgan fingerprint density at radius 1 is 1.04 bits per heavy atom. The van der Waals surface area contributed by atoms with E-state index in [-0.39, 0.29) is 6.03 Å². The van der Waals surface area contributed by atoms with Crippen LogP contribution in [0.5, 0.6) is 0 Å². The standard InChI is InChI=1S/C20H32N6O/c1-16-5-4-8-26(14-16)20(27)23-18-13-19(22-15-21-18)25-11-9-24(10-12-25)17-6-2-3-7-17/h13,15-17H,2-12,14H2,1H3,(H,21,22,23,27). The van der Waals surface area contributed by atoms with Crippen LogP contribution in [0.25, 0.3) is 0 Å². The highest BCUT2D eigenvalue weighted by atomic mass is 16.2. The lowest BCUT2D eigenvalue weighted by Gasteiger charge is -2.38. The first kappa shape index (κ1) is 18.5. The van der Waals surface area contributed by atoms with E-state index in [1.165, 1.54) is 32.1 Å². The van der Waals surface area contributed by atoms with Crippen LogP contribution in [0.15, 0.2) is 12.4 Å². The fourth-order valence-corrected chi connectivity index (χ4v) is 4.74. The van der Waals surface area contributed by atoms with Crippen LogP contribution in [-0.2, 0) is 0 Å². The minimum Gasteiger partial charge on any atom is -0.354 e. The fraction of sp³-hybridized carbons (Fsp3) is 0.750. The Bertz CT molecular complexity index is 639. The number of likely N-dealkylation sites (tertiary alicyclic amines) is 1. The highest BCUT2D eigenvalue weighted by molar-refractivity contribution is 5.88. The Kier molecular flexibility index (Phi) is 5.76. The van der Waals surface area contributed by atoms with Crippen LogP contribution in [0.4, 0.5) is 16.4 Å². The second-order valence-corrected chi connectivity index (χ2v) is 8.35. The van der Waals surface area contributed by atoms with Crippen LogP contribution >= 0.6 is 0 Å². The number of anilines is 2. The Balaban J connectivity index is 1.33. The minimum atomic E-state index is -0.0442. The molecule has 3 aliphatic rings. The second-order valence-electron chi connectivity index (χ2n) is 8.35. The molecule has 3 fully saturated rings. The molecule has 148 valence electrons. The number of carbonyl (C=O) groups excluding carboxylic acids is 1. The smallest absolute Gasteiger partial charge is 0.323 e. The average molecular weight is 373 g/mol. The molecule has 4 rings (SSSR count). The predicted molar refractivity (Wildman–Crippen MR) is 107 cm³/mol. The minimum absolute atomic E-state index is 0.0442. The molecule has 1 saturated carbocycles. The van der Waals surface area contributed by atoms with Gasteiger partial charge in [0.15, 0.2) is 0 Å². The first-order valence-corrected chi connectivity index (χ1v) is 10.6. The molecule has 1 N–H and O–H groups in total. The largest absolute Gasteiger partial charge is 0.354 e. The van der Waals surface area contributed by atoms with E-state index in [9.17, 15) is 4.79 Å². The normalized spacial score (nSPS) is 25.0. The van der Waals surface area contributed by atoms with Gasteiger partial charge in [0.25, 0.3) is 0 Å². The van der Waals surface area contributed by atoms with E-state index in [1.54, 1.807) is 6.33 Å². The molecule has 1 atom stereocenters. The number of aromatic nitrogens is 2. The van der Waals surface area contributed by atoms with Crippen molar-refractivity contribution in [2.24, 2.45) is 5.92 Å². The van der Waals surface area contributed by atoms with Crippen molar-refractivity contribution >= 4 is 17.7 Å². The maximum absolute atomic E-state index is 12.5. The lowest BCUT2D eigenvalue weighted by molar-refractivity contribution is 0.182. The topological polar surface area (TPSA) is 64.6 Å². The molecule has 0 bridgehead atoms. The fourth-order valence-electron chi connectivity index (χ4n) is 4.74. The Morgan fingerprint density at radius 3 is 2.56 bits per heavy atom. The van der Waals surface area contributed by atoms with E-state index in [1.807, 2.05) is 11.0 Å². The molecule has 3 heterocycles. The number of rotatable bonds is 3. The maximum atomic E-state index is 12.5. The van der Waals surface area contributed by atoms with Crippen LogP contribution < -0.4 is 10.2 Å². The molecule has 27 heavy (non-hydrogen) atoms. The van der Waals surface area contributed by atoms with Gasteiger partial charge in [0.05, 0.1) is 0 Å². The van der Waals surface area contributed by atoms with Crippen molar-refractivity contribution in [3.8, 4) is 0 Å². The summed E-state index contributed by atoms with van der Waals surface area (Å²) in [4.78, 5) is 28.1. The number of piperidine rings is 1. The highest BCUT2D eigenvalue weighted by Gasteiger charge is 2.27. The zero-order valence-electron chi connectivity index (χ0n) is 16.4. The van der Waals surface area contributed by atoms with Crippen LogP contribution in [-0.4, -0.2) is 71.1 Å². The summed E-state index contributed by atoms with van der Waals surface area (Å²) in [6.07, 6.45) is 9.33. The van der Waals surface area contributed by atoms with Crippen molar-refractivity contribution in [1.29, 1.82) is 0 Å². The van der Waals surface area contributed by atoms with Crippen molar-refractivity contribution < 1.29 is 4.79 Å². The van der Waals surface area contributed by atoms with Gasteiger partial charge in [0.1, 0.15) is 18.0 Å². The molecule has 0 radical (unpaired) electrons. The summed E-state index contributed by atoms with van der Waals surface area (Å²) in [5.41, 5.74) is 0. The summed E-state index contributed by atoms with van der Waals surface area (Å²) < 4.78 is 0. The van der Waals surface area contributed by atoms with Gasteiger partial charge in [-0.1, -0.05) is 19.8 Å². The molecule has 0 spiro atoms. The number of urea groups is 1. The number of nitrogens with zero attached hydrogens (tertiary/aromatic N) is 5. The van der Waals surface area contributed by atoms with Crippen molar-refractivity contribution in [3.05, 3.63) is 12.4 Å². The van der Waals surface area contributed by atoms with Crippen LogP contribution in [0.2, 0.25) is 0 Å². The second kappa shape index (κ2) is 8.42. The molecule has 1 aromatic heterocycles. The summed E-state index contributed by atoms with van der Waals surface area (Å²) in [6.45, 7) is 8.04. The van der Waals surface area contributed by atoms with E-state index in [4.69, 9.17) is 0 Å². The third-order valence-corrected chi connectivity index (χ3v) is 6.31. The molecule has 2 saturated heterocycles. The lowest BCUT2D eigenvalue weighted by atomic mass is 10.0. The third kappa shape index (κ3) is 4.51. The quantitative estimate of drug-likeness (QED) is 0.884. The van der Waals surface area contributed by atoms with Crippen molar-refractivity contribution in [3.63, 3.8) is 0 Å². The van der Waals surface area contributed by atoms with E-state index in [0.717, 1.165) is 57.5 Å². The van der Waals surface area contributed by atoms with E-state index < -0.39 is 0 Å². The number of nitrogens with one attached hydrogen (secondary N) is 1. The van der Waals surface area contributed by atoms with Gasteiger partial charge in [-0.2, -0.15) is 0 Å². The molecular weight excluding hydrogens is 340 g/mol. The highest BCUT2D eigenvalue weighted by Crippen LogP contribution is 2.25. The predicted octanol–water partition coefficient (Wildman–Crippen LogP) is 2.81. The number of piperazine rings is 1. The van der Waals surface area contributed by atoms with Crippen molar-refractivity contribution in [2.45, 2.75) is 51.5 Å². The molecule has 1 aromatic rings. The maximum Gasteiger partial charge on any atom is 0.323 e. The summed E-state index contributed by atoms with van der Waals surface area (Å²) in [5.74, 6) is 2.08. The zero-order valence-corrected chi connectivity index (χ0v) is 16.4. The lowest BCUT2D eigenvalue weighted by Crippen LogP contribution is -2.50. The summed E-state index contributed by atoms with van der Waals surface area (Å²) in [5, 5.41) is 2.96. The van der Waals surface area contributed by atoms with Gasteiger partial charge in [-0.25, -0.2) is 14.8 Å². The van der Waals surface area contributed by atoms with Gasteiger partial charge in [0, 0.05) is 51.4 Å². The van der Waals surface area contributed by atoms with Gasteiger partial charge in [0.2, 0.25) is 0 Å². The number of carbonyl (C=O) groups is 1. The van der Waals surface area contributed by atoms with Gasteiger partial charge in [-0.15, -0.1) is 0 Å². The van der Waals surface area contributed by atoms with E-state index >= 15 is 0 Å². The van der Waals surface area contributed by atoms with Crippen LogP contribution in [0, 0.1) is 5.92 Å². The molecule has 2 amide bonds. The van der Waals surface area contributed by atoms with Gasteiger partial charge in [-0.3, -0.25) is 10.2 Å². The first-order chi connectivity index (χ1) is 13.2. The van der Waals surface area contributed by atoms with Crippen LogP contribution in [0.3, 0.4) is 0 Å². The zero-order chi connectivity index (χ0) is 18.6. The number of amides is 2. The SMILES string of the molecule is CC1CCCN(C(=O)Nc2cc(N3CCN(C4CCCC4)CC3)ncn2)C1. The Hall–Kier alpha value is -1.89. The van der Waals surface area contributed by atoms with Crippen molar-refractivity contribution in [1.82, 2.24) is 19.8 Å². The van der Waals surface area contributed by atoms with Crippen molar-refractivity contribution in [2.75, 3.05) is 49.5 Å². The molecule has 1 unspecified atom stereocenters. The average Bonchev–Trinajstić information content (AvgIpc) is 3.23. The number of hydrogen-bond donors (Lipinski definition) is 1. The van der Waals surface area contributed by atoms with Gasteiger partial charge < -0.3 is 9.80 Å². The molecule has 1 aliphatic carbocycles. The summed E-state index contributed by atoms with van der Waals surface area (Å²) in [6, 6.07) is 2.66. The molecule has 2 aliphatic heterocycles.